The van der Waals surface area contributed by atoms with Crippen LogP contribution in [-0.4, -0.2) is 35.8 Å². The van der Waals surface area contributed by atoms with E-state index in [1.807, 2.05) is 11.8 Å². The number of hydrogen-bond donors (Lipinski definition) is 2. The lowest BCUT2D eigenvalue weighted by Crippen LogP contribution is -2.43. The molecule has 1 atom stereocenters. The van der Waals surface area contributed by atoms with Crippen LogP contribution in [0.15, 0.2) is 0 Å². The third kappa shape index (κ3) is 2.36. The summed E-state index contributed by atoms with van der Waals surface area (Å²) in [6.07, 6.45) is 5.57. The van der Waals surface area contributed by atoms with Gasteiger partial charge in [-0.25, -0.2) is 0 Å². The Morgan fingerprint density at radius 3 is 2.91 bits per heavy atom. The zero-order valence-electron chi connectivity index (χ0n) is 7.10. The SMILES string of the molecule is CSCCC1(CO)CCCN1. The van der Waals surface area contributed by atoms with Crippen molar-refractivity contribution < 1.29 is 5.11 Å². The molecule has 66 valence electrons. The zero-order chi connectivity index (χ0) is 8.16. The van der Waals surface area contributed by atoms with Crippen molar-refractivity contribution in [2.75, 3.05) is 25.2 Å². The van der Waals surface area contributed by atoms with Crippen LogP contribution in [0.25, 0.3) is 0 Å². The van der Waals surface area contributed by atoms with Gasteiger partial charge in [-0.1, -0.05) is 0 Å². The summed E-state index contributed by atoms with van der Waals surface area (Å²) in [7, 11) is 0. The Balaban J connectivity index is 2.33. The Morgan fingerprint density at radius 2 is 2.45 bits per heavy atom. The van der Waals surface area contributed by atoms with Gasteiger partial charge in [-0.05, 0) is 37.8 Å². The molecule has 1 rings (SSSR count). The highest BCUT2D eigenvalue weighted by atomic mass is 32.2. The molecule has 0 aliphatic carbocycles. The first-order chi connectivity index (χ1) is 5.33. The van der Waals surface area contributed by atoms with Gasteiger partial charge < -0.3 is 10.4 Å². The molecule has 0 spiro atoms. The van der Waals surface area contributed by atoms with E-state index in [2.05, 4.69) is 11.6 Å². The van der Waals surface area contributed by atoms with E-state index in [0.717, 1.165) is 25.1 Å². The summed E-state index contributed by atoms with van der Waals surface area (Å²) in [4.78, 5) is 0. The molecule has 1 unspecified atom stereocenters. The molecular formula is C8H17NOS. The lowest BCUT2D eigenvalue weighted by molar-refractivity contribution is 0.175. The summed E-state index contributed by atoms with van der Waals surface area (Å²) in [5.41, 5.74) is 0.0724. The maximum Gasteiger partial charge on any atom is 0.0613 e. The largest absolute Gasteiger partial charge is 0.394 e. The van der Waals surface area contributed by atoms with Crippen LogP contribution in [-0.2, 0) is 0 Å². The fourth-order valence-electron chi connectivity index (χ4n) is 1.59. The van der Waals surface area contributed by atoms with Gasteiger partial charge >= 0.3 is 0 Å². The average Bonchev–Trinajstić information content (AvgIpc) is 2.50. The molecule has 0 saturated carbocycles. The maximum atomic E-state index is 9.17. The number of aliphatic hydroxyl groups excluding tert-OH is 1. The number of hydrogen-bond acceptors (Lipinski definition) is 3. The number of rotatable bonds is 4. The van der Waals surface area contributed by atoms with Crippen molar-refractivity contribution in [3.05, 3.63) is 0 Å². The summed E-state index contributed by atoms with van der Waals surface area (Å²) in [6, 6.07) is 0. The predicted octanol–water partition coefficient (Wildman–Crippen LogP) is 0.854. The summed E-state index contributed by atoms with van der Waals surface area (Å²) in [6.45, 7) is 1.38. The van der Waals surface area contributed by atoms with E-state index in [1.165, 1.54) is 6.42 Å². The third-order valence-electron chi connectivity index (χ3n) is 2.42. The minimum Gasteiger partial charge on any atom is -0.394 e. The Hall–Kier alpha value is 0.270. The van der Waals surface area contributed by atoms with Crippen molar-refractivity contribution in [1.29, 1.82) is 0 Å². The van der Waals surface area contributed by atoms with Gasteiger partial charge in [0.25, 0.3) is 0 Å². The first-order valence-corrected chi connectivity index (χ1v) is 5.57. The molecule has 1 saturated heterocycles. The molecule has 0 aromatic rings. The van der Waals surface area contributed by atoms with Crippen molar-refractivity contribution in [3.8, 4) is 0 Å². The van der Waals surface area contributed by atoms with Gasteiger partial charge in [-0.2, -0.15) is 11.8 Å². The quantitative estimate of drug-likeness (QED) is 0.664. The molecule has 2 N–H and O–H groups in total. The van der Waals surface area contributed by atoms with Crippen LogP contribution >= 0.6 is 11.8 Å². The van der Waals surface area contributed by atoms with Crippen molar-refractivity contribution in [2.45, 2.75) is 24.8 Å². The highest BCUT2D eigenvalue weighted by Crippen LogP contribution is 2.23. The highest BCUT2D eigenvalue weighted by Gasteiger charge is 2.31. The monoisotopic (exact) mass is 175 g/mol. The molecule has 1 aliphatic rings. The molecule has 0 amide bonds. The Bertz CT molecular complexity index is 113. The summed E-state index contributed by atoms with van der Waals surface area (Å²) in [5.74, 6) is 1.15. The Morgan fingerprint density at radius 1 is 1.64 bits per heavy atom. The van der Waals surface area contributed by atoms with E-state index in [-0.39, 0.29) is 5.54 Å². The van der Waals surface area contributed by atoms with Crippen LogP contribution in [0.1, 0.15) is 19.3 Å². The van der Waals surface area contributed by atoms with Crippen LogP contribution in [0.5, 0.6) is 0 Å². The summed E-state index contributed by atoms with van der Waals surface area (Å²) >= 11 is 1.85. The second-order valence-corrected chi connectivity index (χ2v) is 4.20. The van der Waals surface area contributed by atoms with Crippen LogP contribution in [0.2, 0.25) is 0 Å². The average molecular weight is 175 g/mol. The van der Waals surface area contributed by atoms with E-state index in [0.29, 0.717) is 6.61 Å². The van der Waals surface area contributed by atoms with Crippen molar-refractivity contribution >= 4 is 11.8 Å². The molecule has 0 radical (unpaired) electrons. The van der Waals surface area contributed by atoms with E-state index in [4.69, 9.17) is 0 Å². The van der Waals surface area contributed by atoms with Gasteiger partial charge in [0.05, 0.1) is 6.61 Å². The van der Waals surface area contributed by atoms with Gasteiger partial charge in [0.2, 0.25) is 0 Å². The van der Waals surface area contributed by atoms with Gasteiger partial charge in [0, 0.05) is 5.54 Å². The minimum absolute atomic E-state index is 0.0724. The van der Waals surface area contributed by atoms with Crippen LogP contribution in [0.4, 0.5) is 0 Å². The van der Waals surface area contributed by atoms with E-state index in [1.54, 1.807) is 0 Å². The topological polar surface area (TPSA) is 32.3 Å². The van der Waals surface area contributed by atoms with E-state index >= 15 is 0 Å². The Labute approximate surface area is 72.8 Å². The normalized spacial score (nSPS) is 31.1. The zero-order valence-corrected chi connectivity index (χ0v) is 7.91. The van der Waals surface area contributed by atoms with Crippen molar-refractivity contribution in [3.63, 3.8) is 0 Å². The molecule has 3 heteroatoms. The fraction of sp³-hybridized carbons (Fsp3) is 1.00. The molecular weight excluding hydrogens is 158 g/mol. The third-order valence-corrected chi connectivity index (χ3v) is 3.03. The van der Waals surface area contributed by atoms with Gasteiger partial charge in [-0.15, -0.1) is 0 Å². The van der Waals surface area contributed by atoms with Crippen LogP contribution < -0.4 is 5.32 Å². The Kier molecular flexibility index (Phi) is 3.69. The lowest BCUT2D eigenvalue weighted by Gasteiger charge is -2.26. The first kappa shape index (κ1) is 9.36. The molecule has 0 aromatic heterocycles. The number of nitrogens with one attached hydrogen (secondary N) is 1. The molecule has 2 nitrogen and oxygen atoms in total. The standard InChI is InChI=1S/C8H17NOS/c1-11-6-4-8(7-10)3-2-5-9-8/h9-10H,2-7H2,1H3. The van der Waals surface area contributed by atoms with E-state index in [9.17, 15) is 5.11 Å². The smallest absolute Gasteiger partial charge is 0.0613 e. The molecule has 0 bridgehead atoms. The van der Waals surface area contributed by atoms with E-state index < -0.39 is 0 Å². The first-order valence-electron chi connectivity index (χ1n) is 4.18. The lowest BCUT2D eigenvalue weighted by atomic mass is 9.96. The number of thioether (sulfide) groups is 1. The highest BCUT2D eigenvalue weighted by molar-refractivity contribution is 7.98. The summed E-state index contributed by atoms with van der Waals surface area (Å²) in [5, 5.41) is 12.6. The molecule has 1 heterocycles. The molecule has 1 aliphatic heterocycles. The molecule has 0 aromatic carbocycles. The predicted molar refractivity (Wildman–Crippen MR) is 50.1 cm³/mol. The van der Waals surface area contributed by atoms with Crippen molar-refractivity contribution in [1.82, 2.24) is 5.32 Å². The minimum atomic E-state index is 0.0724. The molecule has 1 fully saturated rings. The van der Waals surface area contributed by atoms with Crippen molar-refractivity contribution in [2.24, 2.45) is 0 Å². The van der Waals surface area contributed by atoms with Gasteiger partial charge in [0.1, 0.15) is 0 Å². The fourth-order valence-corrected chi connectivity index (χ4v) is 2.19. The summed E-state index contributed by atoms with van der Waals surface area (Å²) < 4.78 is 0. The maximum absolute atomic E-state index is 9.17. The van der Waals surface area contributed by atoms with Gasteiger partial charge in [-0.3, -0.25) is 0 Å². The van der Waals surface area contributed by atoms with Crippen LogP contribution in [0.3, 0.4) is 0 Å². The van der Waals surface area contributed by atoms with Gasteiger partial charge in [0.15, 0.2) is 0 Å². The molecule has 11 heavy (non-hydrogen) atoms. The second kappa shape index (κ2) is 4.33. The van der Waals surface area contributed by atoms with Crippen LogP contribution in [0, 0.1) is 0 Å². The second-order valence-electron chi connectivity index (χ2n) is 3.21. The number of aliphatic hydroxyl groups is 1.